The van der Waals surface area contributed by atoms with Crippen molar-refractivity contribution in [1.82, 2.24) is 0 Å². The van der Waals surface area contributed by atoms with E-state index >= 15 is 0 Å². The summed E-state index contributed by atoms with van der Waals surface area (Å²) in [6, 6.07) is 30.6. The van der Waals surface area contributed by atoms with Gasteiger partial charge in [-0.05, 0) is 109 Å². The van der Waals surface area contributed by atoms with E-state index in [-0.39, 0.29) is 11.0 Å². The Bertz CT molecular complexity index is 1510. The minimum Gasteiger partial charge on any atom is -0.336 e. The summed E-state index contributed by atoms with van der Waals surface area (Å²) in [5.74, 6) is 0. The lowest BCUT2D eigenvalue weighted by atomic mass is 9.81. The van der Waals surface area contributed by atoms with Gasteiger partial charge in [0.05, 0.1) is 11.6 Å². The molecule has 0 aliphatic heterocycles. The molecule has 4 aromatic carbocycles. The van der Waals surface area contributed by atoms with E-state index in [1.807, 2.05) is 6.07 Å². The molecule has 180 valence electrons. The van der Waals surface area contributed by atoms with E-state index in [0.717, 1.165) is 0 Å². The fourth-order valence-electron chi connectivity index (χ4n) is 5.72. The van der Waals surface area contributed by atoms with Crippen LogP contribution < -0.4 is 4.90 Å². The van der Waals surface area contributed by atoms with Crippen LogP contribution in [0, 0.1) is 25.2 Å². The Kier molecular flexibility index (Phi) is 5.56. The molecule has 2 heteroatoms. The molecule has 5 rings (SSSR count). The van der Waals surface area contributed by atoms with Gasteiger partial charge in [-0.2, -0.15) is 5.26 Å². The van der Waals surface area contributed by atoms with Crippen LogP contribution in [0.4, 0.5) is 11.4 Å². The first-order valence-electron chi connectivity index (χ1n) is 12.7. The summed E-state index contributed by atoms with van der Waals surface area (Å²) in [6.07, 6.45) is 0. The van der Waals surface area contributed by atoms with Crippen LogP contribution in [0.2, 0.25) is 0 Å². The largest absolute Gasteiger partial charge is 0.336 e. The normalized spacial score (nSPS) is 13.6. The van der Waals surface area contributed by atoms with Gasteiger partial charge in [-0.25, -0.2) is 0 Å². The van der Waals surface area contributed by atoms with Crippen LogP contribution in [0.25, 0.3) is 22.3 Å². The highest BCUT2D eigenvalue weighted by Crippen LogP contribution is 2.52. The summed E-state index contributed by atoms with van der Waals surface area (Å²) >= 11 is 0. The predicted molar refractivity (Wildman–Crippen MR) is 152 cm³/mol. The number of hydrogen-bond donors (Lipinski definition) is 0. The Morgan fingerprint density at radius 2 is 1.36 bits per heavy atom. The van der Waals surface area contributed by atoms with Crippen molar-refractivity contribution >= 4 is 11.4 Å². The molecule has 2 nitrogen and oxygen atoms in total. The van der Waals surface area contributed by atoms with E-state index in [1.54, 1.807) is 0 Å². The molecule has 4 aromatic rings. The lowest BCUT2D eigenvalue weighted by Gasteiger charge is -2.40. The fourth-order valence-corrected chi connectivity index (χ4v) is 5.72. The molecule has 0 saturated carbocycles. The molecule has 0 fully saturated rings. The van der Waals surface area contributed by atoms with Crippen LogP contribution in [0.3, 0.4) is 0 Å². The van der Waals surface area contributed by atoms with Crippen molar-refractivity contribution in [2.24, 2.45) is 0 Å². The molecule has 0 saturated heterocycles. The Labute approximate surface area is 215 Å². The molecular weight excluding hydrogens is 436 g/mol. The van der Waals surface area contributed by atoms with Gasteiger partial charge in [0.15, 0.2) is 0 Å². The van der Waals surface area contributed by atoms with Crippen molar-refractivity contribution in [2.45, 2.75) is 59.4 Å². The number of aryl methyl sites for hydroxylation is 2. The van der Waals surface area contributed by atoms with Crippen LogP contribution >= 0.6 is 0 Å². The van der Waals surface area contributed by atoms with Crippen molar-refractivity contribution < 1.29 is 0 Å². The Hall–Kier alpha value is -3.83. The highest BCUT2D eigenvalue weighted by molar-refractivity contribution is 5.86. The summed E-state index contributed by atoms with van der Waals surface area (Å²) in [6.45, 7) is 15.9. The number of benzene rings is 4. The quantitative estimate of drug-likeness (QED) is 0.298. The third kappa shape index (κ3) is 3.80. The van der Waals surface area contributed by atoms with E-state index < -0.39 is 0 Å². The highest BCUT2D eigenvalue weighted by Gasteiger charge is 2.37. The van der Waals surface area contributed by atoms with Crippen LogP contribution in [-0.4, -0.2) is 5.54 Å². The first kappa shape index (κ1) is 23.9. The van der Waals surface area contributed by atoms with E-state index in [9.17, 15) is 5.26 Å². The fraction of sp³-hybridized carbons (Fsp3) is 0.265. The van der Waals surface area contributed by atoms with Crippen molar-refractivity contribution in [3.8, 4) is 28.3 Å². The van der Waals surface area contributed by atoms with Crippen molar-refractivity contribution in [3.63, 3.8) is 0 Å². The summed E-state index contributed by atoms with van der Waals surface area (Å²) < 4.78 is 0. The average Bonchev–Trinajstić information content (AvgIpc) is 3.05. The first-order valence-corrected chi connectivity index (χ1v) is 12.7. The van der Waals surface area contributed by atoms with Gasteiger partial charge < -0.3 is 4.90 Å². The van der Waals surface area contributed by atoms with Crippen molar-refractivity contribution in [2.75, 3.05) is 4.90 Å². The SMILES string of the molecule is Cc1ccc(-c2ccccc2)cc1N(c1cc2c(cc1C)-c1cc(C#N)ccc1C2(C)C)C(C)(C)C. The third-order valence-electron chi connectivity index (χ3n) is 7.59. The lowest BCUT2D eigenvalue weighted by Crippen LogP contribution is -2.38. The standard InChI is InChI=1S/C34H34N2/c1-22-13-15-26(25-11-9-8-10-12-25)19-31(22)36(33(3,4)5)32-20-30-27(17-23(32)2)28-18-24(21-35)14-16-29(28)34(30,6)7/h8-20H,1-7H3. The number of fused-ring (bicyclic) bond motifs is 3. The van der Waals surface area contributed by atoms with Gasteiger partial charge in [-0.3, -0.25) is 0 Å². The minimum atomic E-state index is -0.136. The predicted octanol–water partition coefficient (Wildman–Crippen LogP) is 9.09. The monoisotopic (exact) mass is 470 g/mol. The number of nitriles is 1. The summed E-state index contributed by atoms with van der Waals surface area (Å²) in [7, 11) is 0. The van der Waals surface area contributed by atoms with E-state index in [4.69, 9.17) is 0 Å². The van der Waals surface area contributed by atoms with E-state index in [2.05, 4.69) is 132 Å². The molecule has 1 aliphatic rings. The van der Waals surface area contributed by atoms with Crippen molar-refractivity contribution in [3.05, 3.63) is 107 Å². The zero-order valence-electron chi connectivity index (χ0n) is 22.4. The molecule has 36 heavy (non-hydrogen) atoms. The van der Waals surface area contributed by atoms with Gasteiger partial charge in [0.25, 0.3) is 0 Å². The van der Waals surface area contributed by atoms with Crippen LogP contribution in [-0.2, 0) is 5.41 Å². The van der Waals surface area contributed by atoms with Gasteiger partial charge in [0, 0.05) is 22.3 Å². The Morgan fingerprint density at radius 3 is 2.03 bits per heavy atom. The van der Waals surface area contributed by atoms with Crippen molar-refractivity contribution in [1.29, 1.82) is 5.26 Å². The molecule has 0 unspecified atom stereocenters. The maximum Gasteiger partial charge on any atom is 0.0991 e. The number of anilines is 2. The molecular formula is C34H34N2. The molecule has 0 aromatic heterocycles. The molecule has 0 spiro atoms. The van der Waals surface area contributed by atoms with Crippen LogP contribution in [0.15, 0.2) is 78.9 Å². The topological polar surface area (TPSA) is 27.0 Å². The third-order valence-corrected chi connectivity index (χ3v) is 7.59. The van der Waals surface area contributed by atoms with Gasteiger partial charge >= 0.3 is 0 Å². The van der Waals surface area contributed by atoms with Gasteiger partial charge in [-0.15, -0.1) is 0 Å². The number of rotatable bonds is 3. The molecule has 0 N–H and O–H groups in total. The molecule has 0 heterocycles. The Balaban J connectivity index is 1.72. The lowest BCUT2D eigenvalue weighted by molar-refractivity contribution is 0.557. The maximum absolute atomic E-state index is 9.51. The molecule has 0 amide bonds. The van der Waals surface area contributed by atoms with Crippen LogP contribution in [0.1, 0.15) is 62.4 Å². The zero-order valence-corrected chi connectivity index (χ0v) is 22.4. The second-order valence-corrected chi connectivity index (χ2v) is 11.6. The highest BCUT2D eigenvalue weighted by atomic mass is 15.2. The minimum absolute atomic E-state index is 0.133. The van der Waals surface area contributed by atoms with Gasteiger partial charge in [-0.1, -0.05) is 62.4 Å². The summed E-state index contributed by atoms with van der Waals surface area (Å²) in [5, 5.41) is 9.51. The average molecular weight is 471 g/mol. The molecule has 0 bridgehead atoms. The van der Waals surface area contributed by atoms with Gasteiger partial charge in [0.1, 0.15) is 0 Å². The second-order valence-electron chi connectivity index (χ2n) is 11.6. The second kappa shape index (κ2) is 8.38. The molecule has 0 radical (unpaired) electrons. The summed E-state index contributed by atoms with van der Waals surface area (Å²) in [5.41, 5.74) is 12.9. The van der Waals surface area contributed by atoms with E-state index in [1.165, 1.54) is 55.9 Å². The molecule has 1 aliphatic carbocycles. The summed E-state index contributed by atoms with van der Waals surface area (Å²) in [4.78, 5) is 2.50. The maximum atomic E-state index is 9.51. The Morgan fingerprint density at radius 1 is 0.694 bits per heavy atom. The number of hydrogen-bond acceptors (Lipinski definition) is 2. The molecule has 0 atom stereocenters. The number of nitrogens with zero attached hydrogens (tertiary/aromatic N) is 2. The first-order chi connectivity index (χ1) is 17.0. The van der Waals surface area contributed by atoms with Crippen LogP contribution in [0.5, 0.6) is 0 Å². The van der Waals surface area contributed by atoms with Gasteiger partial charge in [0.2, 0.25) is 0 Å². The zero-order chi connectivity index (χ0) is 25.8. The smallest absolute Gasteiger partial charge is 0.0991 e. The van der Waals surface area contributed by atoms with E-state index in [0.29, 0.717) is 5.56 Å².